The van der Waals surface area contributed by atoms with Crippen LogP contribution in [0.2, 0.25) is 0 Å². The van der Waals surface area contributed by atoms with Crippen molar-refractivity contribution in [2.24, 2.45) is 0 Å². The standard InChI is InChI=1S/C7H9N3O/c1-8-6-2-3-9-4-7(6)10-5-11/h2-5H,1H3,(H,8,9)(H,10,11). The smallest absolute Gasteiger partial charge is 0.211 e. The highest BCUT2D eigenvalue weighted by Gasteiger charge is 1.96. The van der Waals surface area contributed by atoms with Gasteiger partial charge in [-0.2, -0.15) is 0 Å². The van der Waals surface area contributed by atoms with Crippen LogP contribution >= 0.6 is 0 Å². The molecule has 0 fully saturated rings. The van der Waals surface area contributed by atoms with E-state index in [2.05, 4.69) is 15.6 Å². The maximum Gasteiger partial charge on any atom is 0.211 e. The third-order valence-corrected chi connectivity index (χ3v) is 1.30. The Hall–Kier alpha value is -1.58. The molecular weight excluding hydrogens is 142 g/mol. The number of rotatable bonds is 3. The van der Waals surface area contributed by atoms with E-state index in [9.17, 15) is 4.79 Å². The Bertz CT molecular complexity index is 249. The molecule has 0 bridgehead atoms. The number of hydrogen-bond donors (Lipinski definition) is 2. The minimum atomic E-state index is 0.623. The van der Waals surface area contributed by atoms with Gasteiger partial charge in [-0.25, -0.2) is 0 Å². The molecule has 0 unspecified atom stereocenters. The van der Waals surface area contributed by atoms with E-state index < -0.39 is 0 Å². The third kappa shape index (κ3) is 1.67. The van der Waals surface area contributed by atoms with Gasteiger partial charge in [0.15, 0.2) is 0 Å². The number of carbonyl (C=O) groups is 1. The van der Waals surface area contributed by atoms with E-state index in [0.717, 1.165) is 5.69 Å². The molecule has 2 N–H and O–H groups in total. The fourth-order valence-electron chi connectivity index (χ4n) is 0.791. The Balaban J connectivity index is 2.92. The van der Waals surface area contributed by atoms with Crippen LogP contribution < -0.4 is 10.6 Å². The number of nitrogens with one attached hydrogen (secondary N) is 2. The Labute approximate surface area is 64.6 Å². The topological polar surface area (TPSA) is 54.0 Å². The van der Waals surface area contributed by atoms with Crippen molar-refractivity contribution in [2.75, 3.05) is 17.7 Å². The summed E-state index contributed by atoms with van der Waals surface area (Å²) in [4.78, 5) is 13.9. The largest absolute Gasteiger partial charge is 0.386 e. The second kappa shape index (κ2) is 3.55. The van der Waals surface area contributed by atoms with Gasteiger partial charge in [-0.15, -0.1) is 0 Å². The van der Waals surface area contributed by atoms with E-state index in [1.165, 1.54) is 0 Å². The van der Waals surface area contributed by atoms with Crippen molar-refractivity contribution in [3.05, 3.63) is 18.5 Å². The molecule has 1 heterocycles. The van der Waals surface area contributed by atoms with Gasteiger partial charge in [0.25, 0.3) is 0 Å². The predicted octanol–water partition coefficient (Wildman–Crippen LogP) is 0.692. The molecule has 4 heteroatoms. The molecule has 1 aromatic heterocycles. The second-order valence-corrected chi connectivity index (χ2v) is 1.93. The number of aromatic nitrogens is 1. The average Bonchev–Trinajstić information content (AvgIpc) is 2.06. The number of nitrogens with zero attached hydrogens (tertiary/aromatic N) is 1. The van der Waals surface area contributed by atoms with E-state index in [0.29, 0.717) is 12.1 Å². The molecule has 0 aliphatic carbocycles. The van der Waals surface area contributed by atoms with Crippen LogP contribution in [-0.2, 0) is 4.79 Å². The van der Waals surface area contributed by atoms with Gasteiger partial charge in [-0.1, -0.05) is 0 Å². The summed E-state index contributed by atoms with van der Waals surface area (Å²) in [6.07, 6.45) is 3.86. The first-order valence-electron chi connectivity index (χ1n) is 3.20. The van der Waals surface area contributed by atoms with Gasteiger partial charge in [-0.3, -0.25) is 9.78 Å². The monoisotopic (exact) mass is 151 g/mol. The maximum atomic E-state index is 10.1. The van der Waals surface area contributed by atoms with Crippen LogP contribution in [0.1, 0.15) is 0 Å². The number of hydrogen-bond acceptors (Lipinski definition) is 3. The summed E-state index contributed by atoms with van der Waals surface area (Å²) in [7, 11) is 1.78. The molecule has 0 aliphatic rings. The van der Waals surface area contributed by atoms with Crippen molar-refractivity contribution in [3.63, 3.8) is 0 Å². The Morgan fingerprint density at radius 2 is 2.36 bits per heavy atom. The van der Waals surface area contributed by atoms with Gasteiger partial charge < -0.3 is 10.6 Å². The van der Waals surface area contributed by atoms with Crippen LogP contribution in [0.25, 0.3) is 0 Å². The SMILES string of the molecule is CNc1ccncc1NC=O. The summed E-state index contributed by atoms with van der Waals surface area (Å²) >= 11 is 0. The predicted molar refractivity (Wildman–Crippen MR) is 43.5 cm³/mol. The summed E-state index contributed by atoms with van der Waals surface area (Å²) in [5.74, 6) is 0. The zero-order valence-corrected chi connectivity index (χ0v) is 6.16. The number of anilines is 2. The van der Waals surface area contributed by atoms with Gasteiger partial charge >= 0.3 is 0 Å². The van der Waals surface area contributed by atoms with Crippen LogP contribution in [0.5, 0.6) is 0 Å². The highest BCUT2D eigenvalue weighted by atomic mass is 16.1. The summed E-state index contributed by atoms with van der Waals surface area (Å²) in [6, 6.07) is 1.78. The highest BCUT2D eigenvalue weighted by Crippen LogP contribution is 2.17. The third-order valence-electron chi connectivity index (χ3n) is 1.30. The van der Waals surface area contributed by atoms with Crippen molar-refractivity contribution >= 4 is 17.8 Å². The van der Waals surface area contributed by atoms with Gasteiger partial charge in [0, 0.05) is 13.2 Å². The normalized spacial score (nSPS) is 8.82. The second-order valence-electron chi connectivity index (χ2n) is 1.93. The maximum absolute atomic E-state index is 10.1. The molecule has 0 aromatic carbocycles. The molecule has 0 radical (unpaired) electrons. The lowest BCUT2D eigenvalue weighted by atomic mass is 10.3. The van der Waals surface area contributed by atoms with Gasteiger partial charge in [0.2, 0.25) is 6.41 Å². The van der Waals surface area contributed by atoms with Crippen molar-refractivity contribution in [3.8, 4) is 0 Å². The minimum Gasteiger partial charge on any atom is -0.386 e. The van der Waals surface area contributed by atoms with Crippen LogP contribution in [-0.4, -0.2) is 18.4 Å². The molecule has 0 spiro atoms. The average molecular weight is 151 g/mol. The summed E-state index contributed by atoms with van der Waals surface area (Å²) in [5.41, 5.74) is 1.54. The van der Waals surface area contributed by atoms with Gasteiger partial charge in [-0.05, 0) is 6.07 Å². The van der Waals surface area contributed by atoms with E-state index in [1.54, 1.807) is 25.5 Å². The van der Waals surface area contributed by atoms with Crippen LogP contribution in [0.4, 0.5) is 11.4 Å². The fraction of sp³-hybridized carbons (Fsp3) is 0.143. The van der Waals surface area contributed by atoms with Crippen molar-refractivity contribution in [2.45, 2.75) is 0 Å². The van der Waals surface area contributed by atoms with Crippen LogP contribution in [0.3, 0.4) is 0 Å². The van der Waals surface area contributed by atoms with E-state index in [1.807, 2.05) is 0 Å². The Morgan fingerprint density at radius 3 is 3.00 bits per heavy atom. The fourth-order valence-corrected chi connectivity index (χ4v) is 0.791. The number of amides is 1. The molecule has 58 valence electrons. The molecule has 0 atom stereocenters. The number of carbonyl (C=O) groups excluding carboxylic acids is 1. The van der Waals surface area contributed by atoms with Crippen molar-refractivity contribution < 1.29 is 4.79 Å². The molecule has 1 rings (SSSR count). The zero-order chi connectivity index (χ0) is 8.10. The quantitative estimate of drug-likeness (QED) is 0.625. The molecular formula is C7H9N3O. The first kappa shape index (κ1) is 7.53. The summed E-state index contributed by atoms with van der Waals surface area (Å²) in [6.45, 7) is 0. The Morgan fingerprint density at radius 1 is 1.55 bits per heavy atom. The Kier molecular flexibility index (Phi) is 2.43. The van der Waals surface area contributed by atoms with E-state index in [4.69, 9.17) is 0 Å². The van der Waals surface area contributed by atoms with Gasteiger partial charge in [0.05, 0.1) is 17.6 Å². The lowest BCUT2D eigenvalue weighted by Gasteiger charge is -2.04. The van der Waals surface area contributed by atoms with Crippen molar-refractivity contribution in [1.82, 2.24) is 4.98 Å². The molecule has 11 heavy (non-hydrogen) atoms. The first-order valence-corrected chi connectivity index (χ1v) is 3.20. The summed E-state index contributed by atoms with van der Waals surface area (Å²) in [5, 5.41) is 5.44. The van der Waals surface area contributed by atoms with E-state index >= 15 is 0 Å². The molecule has 1 amide bonds. The van der Waals surface area contributed by atoms with E-state index in [-0.39, 0.29) is 0 Å². The molecule has 0 saturated heterocycles. The molecule has 4 nitrogen and oxygen atoms in total. The van der Waals surface area contributed by atoms with Crippen LogP contribution in [0.15, 0.2) is 18.5 Å². The first-order chi connectivity index (χ1) is 5.38. The number of pyridine rings is 1. The van der Waals surface area contributed by atoms with Gasteiger partial charge in [0.1, 0.15) is 0 Å². The van der Waals surface area contributed by atoms with Crippen LogP contribution in [0, 0.1) is 0 Å². The molecule has 1 aromatic rings. The lowest BCUT2D eigenvalue weighted by Crippen LogP contribution is -1.99. The zero-order valence-electron chi connectivity index (χ0n) is 6.16. The molecule has 0 saturated carbocycles. The summed E-state index contributed by atoms with van der Waals surface area (Å²) < 4.78 is 0. The minimum absolute atomic E-state index is 0.623. The molecule has 0 aliphatic heterocycles. The highest BCUT2D eigenvalue weighted by molar-refractivity contribution is 5.79. The lowest BCUT2D eigenvalue weighted by molar-refractivity contribution is -0.105. The van der Waals surface area contributed by atoms with Crippen molar-refractivity contribution in [1.29, 1.82) is 0 Å².